The number of thioether (sulfide) groups is 1. The molecule has 0 saturated heterocycles. The topological polar surface area (TPSA) is 105 Å². The maximum Gasteiger partial charge on any atom is 0.322 e. The van der Waals surface area contributed by atoms with Crippen LogP contribution >= 0.6 is 11.8 Å². The molecule has 0 aliphatic carbocycles. The Morgan fingerprint density at radius 2 is 1.76 bits per heavy atom. The molecule has 1 N–H and O–H groups in total. The number of carbonyl (C=O) groups is 1. The second kappa shape index (κ2) is 11.4. The summed E-state index contributed by atoms with van der Waals surface area (Å²) in [5, 5.41) is 10.4. The molecule has 10 heteroatoms. The molecule has 1 aromatic heterocycles. The van der Waals surface area contributed by atoms with Crippen LogP contribution in [0.1, 0.15) is 48.5 Å². The summed E-state index contributed by atoms with van der Waals surface area (Å²) in [6, 6.07) is 13.8. The Morgan fingerprint density at radius 3 is 2.36 bits per heavy atom. The Labute approximate surface area is 198 Å². The second-order valence-corrected chi connectivity index (χ2v) is 10.2. The van der Waals surface area contributed by atoms with Crippen molar-refractivity contribution in [1.82, 2.24) is 14.5 Å². The summed E-state index contributed by atoms with van der Waals surface area (Å²) >= 11 is 1.67. The summed E-state index contributed by atoms with van der Waals surface area (Å²) in [6.45, 7) is 4.70. The maximum atomic E-state index is 12.8. The van der Waals surface area contributed by atoms with Crippen LogP contribution in [-0.4, -0.2) is 48.2 Å². The fourth-order valence-electron chi connectivity index (χ4n) is 3.17. The number of amides is 1. The Bertz CT molecular complexity index is 1160. The van der Waals surface area contributed by atoms with E-state index in [1.807, 2.05) is 44.4 Å². The number of rotatable bonds is 11. The minimum absolute atomic E-state index is 0.0100. The third-order valence-corrected chi connectivity index (χ3v) is 7.80. The highest BCUT2D eigenvalue weighted by atomic mass is 32.2. The van der Waals surface area contributed by atoms with E-state index in [2.05, 4.69) is 15.5 Å². The van der Waals surface area contributed by atoms with Crippen LogP contribution in [0.2, 0.25) is 0 Å². The number of benzene rings is 2. The lowest BCUT2D eigenvalue weighted by molar-refractivity contribution is 0.102. The third-order valence-electron chi connectivity index (χ3n) is 5.07. The number of anilines is 1. The fraction of sp³-hybridized carbons (Fsp3) is 0.348. The Kier molecular flexibility index (Phi) is 8.65. The van der Waals surface area contributed by atoms with Gasteiger partial charge in [0, 0.05) is 23.5 Å². The van der Waals surface area contributed by atoms with Gasteiger partial charge in [-0.15, -0.1) is 16.9 Å². The molecule has 1 heterocycles. The molecule has 1 amide bonds. The van der Waals surface area contributed by atoms with Crippen LogP contribution in [0.15, 0.2) is 62.7 Å². The van der Waals surface area contributed by atoms with Gasteiger partial charge in [0.15, 0.2) is 0 Å². The van der Waals surface area contributed by atoms with Gasteiger partial charge >= 0.3 is 6.01 Å². The van der Waals surface area contributed by atoms with Gasteiger partial charge in [0.25, 0.3) is 5.91 Å². The predicted molar refractivity (Wildman–Crippen MR) is 129 cm³/mol. The van der Waals surface area contributed by atoms with E-state index >= 15 is 0 Å². The van der Waals surface area contributed by atoms with Crippen molar-refractivity contribution < 1.29 is 17.6 Å². The maximum absolute atomic E-state index is 12.8. The predicted octanol–water partition coefficient (Wildman–Crippen LogP) is 4.45. The van der Waals surface area contributed by atoms with Gasteiger partial charge in [0.1, 0.15) is 0 Å². The quantitative estimate of drug-likeness (QED) is 0.398. The minimum atomic E-state index is -3.60. The van der Waals surface area contributed by atoms with Crippen molar-refractivity contribution in [2.75, 3.05) is 24.7 Å². The number of unbranched alkanes of at least 4 members (excludes halogenated alkanes) is 1. The van der Waals surface area contributed by atoms with E-state index in [1.54, 1.807) is 11.8 Å². The lowest BCUT2D eigenvalue weighted by atomic mass is 10.1. The van der Waals surface area contributed by atoms with Gasteiger partial charge in [-0.25, -0.2) is 8.42 Å². The number of nitrogens with one attached hydrogen (secondary N) is 1. The molecule has 8 nitrogen and oxygen atoms in total. The second-order valence-electron chi connectivity index (χ2n) is 7.35. The minimum Gasteiger partial charge on any atom is -0.407 e. The summed E-state index contributed by atoms with van der Waals surface area (Å²) in [5.74, 6) is -0.0767. The van der Waals surface area contributed by atoms with Gasteiger partial charge in [-0.2, -0.15) is 4.31 Å². The molecule has 0 fully saturated rings. The fourth-order valence-corrected chi connectivity index (χ4v) is 5.07. The Hall–Kier alpha value is -2.69. The molecule has 3 rings (SSSR count). The smallest absolute Gasteiger partial charge is 0.322 e. The molecule has 0 unspecified atom stereocenters. The number of hydrogen-bond acceptors (Lipinski definition) is 7. The first-order valence-electron chi connectivity index (χ1n) is 10.7. The van der Waals surface area contributed by atoms with Gasteiger partial charge in [-0.05, 0) is 54.6 Å². The molecule has 33 heavy (non-hydrogen) atoms. The first-order chi connectivity index (χ1) is 15.9. The molecule has 3 aromatic rings. The van der Waals surface area contributed by atoms with Crippen molar-refractivity contribution in [2.45, 2.75) is 42.9 Å². The zero-order valence-corrected chi connectivity index (χ0v) is 20.6. The zero-order chi connectivity index (χ0) is 23.8. The van der Waals surface area contributed by atoms with E-state index < -0.39 is 15.9 Å². The SMILES string of the molecule is CCCCN(CC)S(=O)(=O)c1ccc(C(=O)Nc2nnc(Cc3ccc(SC)cc3)o2)cc1. The molecule has 0 aliphatic heterocycles. The van der Waals surface area contributed by atoms with E-state index in [4.69, 9.17) is 4.42 Å². The zero-order valence-electron chi connectivity index (χ0n) is 18.9. The van der Waals surface area contributed by atoms with Crippen molar-refractivity contribution in [3.63, 3.8) is 0 Å². The van der Waals surface area contributed by atoms with Gasteiger partial charge in [-0.1, -0.05) is 37.5 Å². The summed E-state index contributed by atoms with van der Waals surface area (Å²) < 4.78 is 32.6. The lowest BCUT2D eigenvalue weighted by Gasteiger charge is -2.20. The van der Waals surface area contributed by atoms with Gasteiger partial charge in [0.2, 0.25) is 15.9 Å². The highest BCUT2D eigenvalue weighted by Gasteiger charge is 2.23. The van der Waals surface area contributed by atoms with Crippen molar-refractivity contribution in [1.29, 1.82) is 0 Å². The average molecular weight is 489 g/mol. The van der Waals surface area contributed by atoms with E-state index in [0.29, 0.717) is 25.4 Å². The monoisotopic (exact) mass is 488 g/mol. The first-order valence-corrected chi connectivity index (χ1v) is 13.4. The number of hydrogen-bond donors (Lipinski definition) is 1. The normalized spacial score (nSPS) is 11.6. The van der Waals surface area contributed by atoms with Crippen LogP contribution in [0.5, 0.6) is 0 Å². The molecular weight excluding hydrogens is 460 g/mol. The number of nitrogens with zero attached hydrogens (tertiary/aromatic N) is 3. The Balaban J connectivity index is 1.64. The van der Waals surface area contributed by atoms with Crippen LogP contribution in [-0.2, 0) is 16.4 Å². The summed E-state index contributed by atoms with van der Waals surface area (Å²) in [7, 11) is -3.60. The number of aromatic nitrogens is 2. The van der Waals surface area contributed by atoms with Crippen LogP contribution in [0.4, 0.5) is 6.01 Å². The van der Waals surface area contributed by atoms with Gasteiger partial charge < -0.3 is 4.42 Å². The summed E-state index contributed by atoms with van der Waals surface area (Å²) in [4.78, 5) is 13.9. The largest absolute Gasteiger partial charge is 0.407 e. The van der Waals surface area contributed by atoms with E-state index in [-0.39, 0.29) is 16.5 Å². The van der Waals surface area contributed by atoms with Crippen molar-refractivity contribution >= 4 is 33.7 Å². The molecule has 0 radical (unpaired) electrons. The van der Waals surface area contributed by atoms with Gasteiger partial charge in [0.05, 0.1) is 11.3 Å². The van der Waals surface area contributed by atoms with Crippen molar-refractivity contribution in [3.8, 4) is 0 Å². The first kappa shape index (κ1) is 24.9. The van der Waals surface area contributed by atoms with E-state index in [0.717, 1.165) is 18.4 Å². The molecular formula is C23H28N4O4S2. The van der Waals surface area contributed by atoms with Crippen molar-refractivity contribution in [3.05, 3.63) is 65.5 Å². The van der Waals surface area contributed by atoms with Crippen molar-refractivity contribution in [2.24, 2.45) is 0 Å². The lowest BCUT2D eigenvalue weighted by Crippen LogP contribution is -2.31. The highest BCUT2D eigenvalue weighted by Crippen LogP contribution is 2.19. The van der Waals surface area contributed by atoms with Crippen LogP contribution in [0, 0.1) is 0 Å². The summed E-state index contributed by atoms with van der Waals surface area (Å²) in [5.41, 5.74) is 1.31. The molecule has 0 spiro atoms. The molecule has 0 aliphatic rings. The molecule has 0 saturated carbocycles. The standard InChI is InChI=1S/C23H28N4O4S2/c1-4-6-15-27(5-2)33(29,30)20-13-9-18(10-14-20)22(28)24-23-26-25-21(31-23)16-17-7-11-19(32-3)12-8-17/h7-14H,4-6,15-16H2,1-3H3,(H,24,26,28). The molecule has 0 bridgehead atoms. The van der Waals surface area contributed by atoms with Gasteiger partial charge in [-0.3, -0.25) is 10.1 Å². The number of sulfonamides is 1. The molecule has 0 atom stereocenters. The molecule has 2 aromatic carbocycles. The van der Waals surface area contributed by atoms with E-state index in [9.17, 15) is 13.2 Å². The van der Waals surface area contributed by atoms with Crippen LogP contribution < -0.4 is 5.32 Å². The van der Waals surface area contributed by atoms with E-state index in [1.165, 1.54) is 33.5 Å². The highest BCUT2D eigenvalue weighted by molar-refractivity contribution is 7.98. The number of carbonyl (C=O) groups excluding carboxylic acids is 1. The summed E-state index contributed by atoms with van der Waals surface area (Å²) in [6.07, 6.45) is 4.17. The van der Waals surface area contributed by atoms with Crippen LogP contribution in [0.25, 0.3) is 0 Å². The molecule has 176 valence electrons. The Morgan fingerprint density at radius 1 is 1.06 bits per heavy atom. The third kappa shape index (κ3) is 6.43. The average Bonchev–Trinajstić information content (AvgIpc) is 3.26. The van der Waals surface area contributed by atoms with Crippen LogP contribution in [0.3, 0.4) is 0 Å².